The Kier molecular flexibility index (Phi) is 2.64. The minimum atomic E-state index is -1.27. The summed E-state index contributed by atoms with van der Waals surface area (Å²) in [4.78, 5) is 26.9. The third-order valence-electron chi connectivity index (χ3n) is 1.92. The zero-order valence-corrected chi connectivity index (χ0v) is 8.22. The first-order valence-electron chi connectivity index (χ1n) is 4.04. The summed E-state index contributed by atoms with van der Waals surface area (Å²) in [7, 11) is 3.25. The van der Waals surface area contributed by atoms with Gasteiger partial charge in [0.2, 0.25) is 0 Å². The Hall–Kier alpha value is -1.72. The molecule has 1 rings (SSSR count). The fourth-order valence-corrected chi connectivity index (χ4v) is 1.22. The number of hydrogen-bond acceptors (Lipinski definition) is 5. The smallest absolute Gasteiger partial charge is 0.300 e. The number of amidine groups is 1. The van der Waals surface area contributed by atoms with E-state index in [1.165, 1.54) is 18.0 Å². The van der Waals surface area contributed by atoms with E-state index in [1.807, 2.05) is 0 Å². The van der Waals surface area contributed by atoms with Crippen molar-refractivity contribution in [1.29, 1.82) is 0 Å². The summed E-state index contributed by atoms with van der Waals surface area (Å²) in [5, 5.41) is 10.6. The Morgan fingerprint density at radius 1 is 1.57 bits per heavy atom. The van der Waals surface area contributed by atoms with Gasteiger partial charge in [-0.15, -0.1) is 0 Å². The van der Waals surface area contributed by atoms with E-state index in [2.05, 4.69) is 4.99 Å². The number of carbonyl (C=O) groups excluding carboxylic acids is 1. The molecule has 1 aliphatic heterocycles. The van der Waals surface area contributed by atoms with Crippen LogP contribution in [0.2, 0.25) is 0 Å². The number of carbonyl (C=O) groups is 1. The summed E-state index contributed by atoms with van der Waals surface area (Å²) in [6, 6.07) is -1.27. The first-order valence-corrected chi connectivity index (χ1v) is 4.04. The highest BCUT2D eigenvalue weighted by Gasteiger charge is 2.38. The highest BCUT2D eigenvalue weighted by Crippen LogP contribution is 2.13. The minimum Gasteiger partial charge on any atom is -0.360 e. The van der Waals surface area contributed by atoms with Crippen LogP contribution in [0.5, 0.6) is 0 Å². The van der Waals surface area contributed by atoms with E-state index < -0.39 is 16.7 Å². The molecule has 6 heteroatoms. The Morgan fingerprint density at radius 2 is 2.14 bits per heavy atom. The number of aliphatic imine (C=N–C) groups is 1. The molecule has 6 nitrogen and oxygen atoms in total. The maximum Gasteiger partial charge on any atom is 0.300 e. The lowest BCUT2D eigenvalue weighted by Gasteiger charge is -2.19. The summed E-state index contributed by atoms with van der Waals surface area (Å²) in [6.45, 7) is 1.53. The number of nitrogens with zero attached hydrogens (tertiary/aromatic N) is 3. The Labute approximate surface area is 81.1 Å². The number of Topliss-reactive ketones (excluding diaryl/α,β-unsaturated/α-hetero) is 1. The quantitative estimate of drug-likeness (QED) is 0.440. The number of hydrogen-bond donors (Lipinski definition) is 0. The predicted octanol–water partition coefficient (Wildman–Crippen LogP) is 0.0783. The maximum atomic E-state index is 11.6. The second-order valence-electron chi connectivity index (χ2n) is 3.27. The van der Waals surface area contributed by atoms with E-state index in [0.29, 0.717) is 5.57 Å². The molecule has 76 valence electrons. The fraction of sp³-hybridized carbons (Fsp3) is 0.500. The van der Waals surface area contributed by atoms with E-state index in [1.54, 1.807) is 14.1 Å². The molecule has 0 aromatic rings. The minimum absolute atomic E-state index is 0.123. The first-order chi connectivity index (χ1) is 6.45. The molecule has 1 atom stereocenters. The van der Waals surface area contributed by atoms with Gasteiger partial charge in [0, 0.05) is 30.8 Å². The van der Waals surface area contributed by atoms with Crippen LogP contribution in [0.15, 0.2) is 16.8 Å². The first kappa shape index (κ1) is 10.4. The molecule has 0 aromatic heterocycles. The van der Waals surface area contributed by atoms with Crippen LogP contribution in [-0.2, 0) is 4.79 Å². The van der Waals surface area contributed by atoms with Crippen LogP contribution in [0.3, 0.4) is 0 Å². The van der Waals surface area contributed by atoms with Gasteiger partial charge in [-0.2, -0.15) is 0 Å². The van der Waals surface area contributed by atoms with E-state index in [-0.39, 0.29) is 5.84 Å². The van der Waals surface area contributed by atoms with Gasteiger partial charge in [0.15, 0.2) is 5.84 Å². The fourth-order valence-electron chi connectivity index (χ4n) is 1.22. The summed E-state index contributed by atoms with van der Waals surface area (Å²) in [5.41, 5.74) is 0.366. The average molecular weight is 197 g/mol. The van der Waals surface area contributed by atoms with Crippen molar-refractivity contribution in [3.63, 3.8) is 0 Å². The number of likely N-dealkylation sites (N-methyl/N-ethyl adjacent to an activating group) is 1. The normalized spacial score (nSPS) is 21.4. The standard InChI is InChI=1S/C8H11N3O3/c1-5-4-9-8(10(2)3)7(12)6(5)11(13)14/h4,6H,1-3H3. The van der Waals surface area contributed by atoms with Crippen LogP contribution in [-0.4, -0.2) is 41.6 Å². The summed E-state index contributed by atoms with van der Waals surface area (Å²) in [6.07, 6.45) is 1.37. The molecule has 0 spiro atoms. The van der Waals surface area contributed by atoms with Gasteiger partial charge in [0.25, 0.3) is 5.78 Å². The predicted molar refractivity (Wildman–Crippen MR) is 50.7 cm³/mol. The van der Waals surface area contributed by atoms with Crippen molar-refractivity contribution < 1.29 is 9.72 Å². The summed E-state index contributed by atoms with van der Waals surface area (Å²) < 4.78 is 0. The van der Waals surface area contributed by atoms with Crippen molar-refractivity contribution in [1.82, 2.24) is 4.90 Å². The zero-order valence-electron chi connectivity index (χ0n) is 8.22. The van der Waals surface area contributed by atoms with Crippen molar-refractivity contribution in [2.75, 3.05) is 14.1 Å². The topological polar surface area (TPSA) is 75.8 Å². The van der Waals surface area contributed by atoms with E-state index in [4.69, 9.17) is 0 Å². The highest BCUT2D eigenvalue weighted by atomic mass is 16.6. The van der Waals surface area contributed by atoms with Crippen molar-refractivity contribution in [2.45, 2.75) is 13.0 Å². The largest absolute Gasteiger partial charge is 0.360 e. The molecule has 0 saturated heterocycles. The van der Waals surface area contributed by atoms with E-state index in [0.717, 1.165) is 0 Å². The third-order valence-corrected chi connectivity index (χ3v) is 1.92. The van der Waals surface area contributed by atoms with Gasteiger partial charge < -0.3 is 4.90 Å². The van der Waals surface area contributed by atoms with Gasteiger partial charge in [-0.3, -0.25) is 14.9 Å². The molecular formula is C8H11N3O3. The molecule has 0 aliphatic carbocycles. The van der Waals surface area contributed by atoms with Crippen LogP contribution >= 0.6 is 0 Å². The third kappa shape index (κ3) is 1.63. The molecule has 1 unspecified atom stereocenters. The highest BCUT2D eigenvalue weighted by molar-refractivity contribution is 6.41. The Morgan fingerprint density at radius 3 is 2.57 bits per heavy atom. The number of nitro groups is 1. The molecule has 0 N–H and O–H groups in total. The molecule has 0 amide bonds. The van der Waals surface area contributed by atoms with E-state index in [9.17, 15) is 14.9 Å². The monoisotopic (exact) mass is 197 g/mol. The Balaban J connectivity index is 3.08. The van der Waals surface area contributed by atoms with Gasteiger partial charge >= 0.3 is 6.04 Å². The second-order valence-corrected chi connectivity index (χ2v) is 3.27. The molecule has 14 heavy (non-hydrogen) atoms. The molecule has 0 bridgehead atoms. The lowest BCUT2D eigenvalue weighted by atomic mass is 10.0. The zero-order chi connectivity index (χ0) is 10.9. The summed E-state index contributed by atoms with van der Waals surface area (Å²) in [5.74, 6) is -0.433. The van der Waals surface area contributed by atoms with Crippen molar-refractivity contribution in [3.8, 4) is 0 Å². The van der Waals surface area contributed by atoms with Gasteiger partial charge in [0.05, 0.1) is 0 Å². The van der Waals surface area contributed by atoms with Crippen molar-refractivity contribution >= 4 is 11.6 Å². The molecular weight excluding hydrogens is 186 g/mol. The SMILES string of the molecule is CC1=CN=C(N(C)C)C(=O)C1[N+](=O)[O-]. The van der Waals surface area contributed by atoms with Gasteiger partial charge in [-0.05, 0) is 6.92 Å². The van der Waals surface area contributed by atoms with Crippen LogP contribution in [0, 0.1) is 10.1 Å². The van der Waals surface area contributed by atoms with Crippen molar-refractivity contribution in [3.05, 3.63) is 21.9 Å². The lowest BCUT2D eigenvalue weighted by molar-refractivity contribution is -0.496. The molecule has 0 radical (unpaired) electrons. The van der Waals surface area contributed by atoms with Crippen LogP contribution < -0.4 is 0 Å². The maximum absolute atomic E-state index is 11.6. The molecule has 1 aliphatic rings. The van der Waals surface area contributed by atoms with Gasteiger partial charge in [-0.25, -0.2) is 4.99 Å². The van der Waals surface area contributed by atoms with Crippen LogP contribution in [0.25, 0.3) is 0 Å². The summed E-state index contributed by atoms with van der Waals surface area (Å²) >= 11 is 0. The number of rotatable bonds is 1. The van der Waals surface area contributed by atoms with E-state index >= 15 is 0 Å². The molecule has 0 fully saturated rings. The van der Waals surface area contributed by atoms with Crippen LogP contribution in [0.1, 0.15) is 6.92 Å². The van der Waals surface area contributed by atoms with Crippen LogP contribution in [0.4, 0.5) is 0 Å². The lowest BCUT2D eigenvalue weighted by Crippen LogP contribution is -2.43. The van der Waals surface area contributed by atoms with Gasteiger partial charge in [0.1, 0.15) is 0 Å². The molecule has 1 heterocycles. The molecule has 0 saturated carbocycles. The average Bonchev–Trinajstić information content (AvgIpc) is 2.02. The number of ketones is 1. The van der Waals surface area contributed by atoms with Crippen molar-refractivity contribution in [2.24, 2.45) is 4.99 Å². The molecule has 0 aromatic carbocycles. The second kappa shape index (κ2) is 3.57. The van der Waals surface area contributed by atoms with Gasteiger partial charge in [-0.1, -0.05) is 0 Å². The Bertz CT molecular complexity index is 344.